The summed E-state index contributed by atoms with van der Waals surface area (Å²) in [6, 6.07) is 7.19. The number of aliphatic imine (C=N–C) groups is 1. The molecule has 0 heterocycles. The average molecular weight is 310 g/mol. The molecular weight excluding hydrogens is 288 g/mol. The first-order chi connectivity index (χ1) is 9.96. The van der Waals surface area contributed by atoms with Crippen LogP contribution in [0.25, 0.3) is 0 Å². The SMILES string of the molecule is C=CCNC(=NCc1ccccc1NS(C)(=O)=O)NCC. The highest BCUT2D eigenvalue weighted by molar-refractivity contribution is 7.92. The quantitative estimate of drug-likeness (QED) is 0.403. The highest BCUT2D eigenvalue weighted by Gasteiger charge is 2.06. The Bertz CT molecular complexity index is 597. The molecule has 21 heavy (non-hydrogen) atoms. The first kappa shape index (κ1) is 17.0. The number of anilines is 1. The number of para-hydroxylation sites is 1. The van der Waals surface area contributed by atoms with Gasteiger partial charge in [0, 0.05) is 13.1 Å². The molecule has 0 spiro atoms. The molecule has 7 heteroatoms. The summed E-state index contributed by atoms with van der Waals surface area (Å²) in [5, 5.41) is 6.20. The summed E-state index contributed by atoms with van der Waals surface area (Å²) in [7, 11) is -3.31. The normalized spacial score (nSPS) is 11.8. The molecule has 0 amide bonds. The van der Waals surface area contributed by atoms with E-state index in [4.69, 9.17) is 0 Å². The molecule has 0 unspecified atom stereocenters. The molecule has 1 aromatic carbocycles. The van der Waals surface area contributed by atoms with Gasteiger partial charge >= 0.3 is 0 Å². The van der Waals surface area contributed by atoms with Gasteiger partial charge in [-0.25, -0.2) is 13.4 Å². The molecule has 0 aliphatic heterocycles. The zero-order valence-corrected chi connectivity index (χ0v) is 13.2. The van der Waals surface area contributed by atoms with Crippen molar-refractivity contribution in [3.05, 3.63) is 42.5 Å². The topological polar surface area (TPSA) is 82.6 Å². The molecule has 1 aromatic rings. The van der Waals surface area contributed by atoms with Gasteiger partial charge in [-0.05, 0) is 18.6 Å². The van der Waals surface area contributed by atoms with E-state index in [0.29, 0.717) is 24.7 Å². The predicted molar refractivity (Wildman–Crippen MR) is 87.9 cm³/mol. The molecule has 116 valence electrons. The van der Waals surface area contributed by atoms with E-state index >= 15 is 0 Å². The minimum Gasteiger partial charge on any atom is -0.357 e. The van der Waals surface area contributed by atoms with Crippen LogP contribution >= 0.6 is 0 Å². The largest absolute Gasteiger partial charge is 0.357 e. The van der Waals surface area contributed by atoms with E-state index in [2.05, 4.69) is 26.9 Å². The van der Waals surface area contributed by atoms with Crippen molar-refractivity contribution in [1.29, 1.82) is 0 Å². The van der Waals surface area contributed by atoms with Crippen molar-refractivity contribution in [3.8, 4) is 0 Å². The summed E-state index contributed by atoms with van der Waals surface area (Å²) >= 11 is 0. The molecule has 0 saturated carbocycles. The molecular formula is C14H22N4O2S. The maximum Gasteiger partial charge on any atom is 0.229 e. The summed E-state index contributed by atoms with van der Waals surface area (Å²) in [6.45, 7) is 7.33. The fourth-order valence-corrected chi connectivity index (χ4v) is 2.23. The van der Waals surface area contributed by atoms with Crippen molar-refractivity contribution in [2.75, 3.05) is 24.1 Å². The van der Waals surface area contributed by atoms with Gasteiger partial charge in [0.15, 0.2) is 5.96 Å². The molecule has 0 radical (unpaired) electrons. The minimum atomic E-state index is -3.31. The fraction of sp³-hybridized carbons (Fsp3) is 0.357. The summed E-state index contributed by atoms with van der Waals surface area (Å²) in [6.07, 6.45) is 2.87. The Morgan fingerprint density at radius 2 is 2.05 bits per heavy atom. The van der Waals surface area contributed by atoms with Crippen molar-refractivity contribution in [2.24, 2.45) is 4.99 Å². The Hall–Kier alpha value is -2.02. The Morgan fingerprint density at radius 1 is 1.33 bits per heavy atom. The van der Waals surface area contributed by atoms with Crippen molar-refractivity contribution in [1.82, 2.24) is 10.6 Å². The lowest BCUT2D eigenvalue weighted by atomic mass is 10.2. The highest BCUT2D eigenvalue weighted by atomic mass is 32.2. The Labute approximate surface area is 126 Å². The summed E-state index contributed by atoms with van der Waals surface area (Å²) in [4.78, 5) is 4.42. The standard InChI is InChI=1S/C14H22N4O2S/c1-4-10-16-14(15-5-2)17-11-12-8-6-7-9-13(12)18-21(3,19)20/h4,6-9,18H,1,5,10-11H2,2-3H3,(H2,15,16,17). The van der Waals surface area contributed by atoms with Crippen molar-refractivity contribution >= 4 is 21.7 Å². The second-order valence-corrected chi connectivity index (χ2v) is 6.14. The van der Waals surface area contributed by atoms with Crippen molar-refractivity contribution in [3.63, 3.8) is 0 Å². The molecule has 0 aliphatic carbocycles. The Morgan fingerprint density at radius 3 is 2.67 bits per heavy atom. The van der Waals surface area contributed by atoms with Crippen LogP contribution in [0.4, 0.5) is 5.69 Å². The number of rotatable bonds is 7. The molecule has 0 aliphatic rings. The third kappa shape index (κ3) is 6.80. The van der Waals surface area contributed by atoms with Gasteiger partial charge in [-0.15, -0.1) is 6.58 Å². The van der Waals surface area contributed by atoms with Gasteiger partial charge in [-0.2, -0.15) is 0 Å². The molecule has 6 nitrogen and oxygen atoms in total. The first-order valence-corrected chi connectivity index (χ1v) is 8.54. The molecule has 0 aromatic heterocycles. The number of benzene rings is 1. The zero-order valence-electron chi connectivity index (χ0n) is 12.4. The van der Waals surface area contributed by atoms with Crippen molar-refractivity contribution < 1.29 is 8.42 Å². The monoisotopic (exact) mass is 310 g/mol. The van der Waals surface area contributed by atoms with Crippen LogP contribution in [0.1, 0.15) is 12.5 Å². The fourth-order valence-electron chi connectivity index (χ4n) is 1.63. The number of hydrogen-bond acceptors (Lipinski definition) is 3. The Kier molecular flexibility index (Phi) is 6.74. The summed E-state index contributed by atoms with van der Waals surface area (Å²) < 4.78 is 25.2. The first-order valence-electron chi connectivity index (χ1n) is 6.65. The molecule has 0 bridgehead atoms. The van der Waals surface area contributed by atoms with Crippen LogP contribution in [0, 0.1) is 0 Å². The van der Waals surface area contributed by atoms with E-state index in [1.165, 1.54) is 0 Å². The van der Waals surface area contributed by atoms with Gasteiger partial charge in [0.05, 0.1) is 18.5 Å². The average Bonchev–Trinajstić information content (AvgIpc) is 2.41. The van der Waals surface area contributed by atoms with E-state index in [1.54, 1.807) is 18.2 Å². The molecule has 0 fully saturated rings. The molecule has 0 saturated heterocycles. The summed E-state index contributed by atoms with van der Waals surface area (Å²) in [5.74, 6) is 0.659. The molecule has 3 N–H and O–H groups in total. The Balaban J connectivity index is 2.87. The van der Waals surface area contributed by atoms with E-state index < -0.39 is 10.0 Å². The van der Waals surface area contributed by atoms with Crippen molar-refractivity contribution in [2.45, 2.75) is 13.5 Å². The van der Waals surface area contributed by atoms with Crippen LogP contribution in [0.15, 0.2) is 41.9 Å². The molecule has 1 rings (SSSR count). The van der Waals surface area contributed by atoms with Crippen LogP contribution in [0.3, 0.4) is 0 Å². The van der Waals surface area contributed by atoms with Gasteiger partial charge in [0.1, 0.15) is 0 Å². The van der Waals surface area contributed by atoms with Gasteiger partial charge in [-0.1, -0.05) is 24.3 Å². The highest BCUT2D eigenvalue weighted by Crippen LogP contribution is 2.17. The zero-order chi connectivity index (χ0) is 15.7. The minimum absolute atomic E-state index is 0.366. The third-order valence-corrected chi connectivity index (χ3v) is 3.07. The van der Waals surface area contributed by atoms with Gasteiger partial charge < -0.3 is 10.6 Å². The van der Waals surface area contributed by atoms with Gasteiger partial charge in [-0.3, -0.25) is 4.72 Å². The lowest BCUT2D eigenvalue weighted by Gasteiger charge is -2.11. The van der Waals surface area contributed by atoms with Crippen LogP contribution < -0.4 is 15.4 Å². The van der Waals surface area contributed by atoms with E-state index in [-0.39, 0.29) is 0 Å². The van der Waals surface area contributed by atoms with E-state index in [1.807, 2.05) is 19.1 Å². The maximum absolute atomic E-state index is 11.4. The number of nitrogens with zero attached hydrogens (tertiary/aromatic N) is 1. The second kappa shape index (κ2) is 8.31. The second-order valence-electron chi connectivity index (χ2n) is 4.40. The van der Waals surface area contributed by atoms with Crippen LogP contribution in [0.2, 0.25) is 0 Å². The van der Waals surface area contributed by atoms with Crippen LogP contribution in [-0.2, 0) is 16.6 Å². The lowest BCUT2D eigenvalue weighted by Crippen LogP contribution is -2.37. The third-order valence-electron chi connectivity index (χ3n) is 2.48. The number of sulfonamides is 1. The smallest absolute Gasteiger partial charge is 0.229 e. The number of hydrogen-bond donors (Lipinski definition) is 3. The summed E-state index contributed by atoms with van der Waals surface area (Å²) in [5.41, 5.74) is 1.35. The van der Waals surface area contributed by atoms with E-state index in [9.17, 15) is 8.42 Å². The lowest BCUT2D eigenvalue weighted by molar-refractivity contribution is 0.606. The number of nitrogens with one attached hydrogen (secondary N) is 3. The van der Waals surface area contributed by atoms with Crippen LogP contribution in [-0.4, -0.2) is 33.7 Å². The van der Waals surface area contributed by atoms with Crippen LogP contribution in [0.5, 0.6) is 0 Å². The number of guanidine groups is 1. The maximum atomic E-state index is 11.4. The van der Waals surface area contributed by atoms with Gasteiger partial charge in [0.25, 0.3) is 0 Å². The van der Waals surface area contributed by atoms with E-state index in [0.717, 1.165) is 18.4 Å². The predicted octanol–water partition coefficient (Wildman–Crippen LogP) is 1.30. The van der Waals surface area contributed by atoms with Gasteiger partial charge in [0.2, 0.25) is 10.0 Å². The molecule has 0 atom stereocenters.